The average molecular weight is 671 g/mol. The van der Waals surface area contributed by atoms with E-state index in [9.17, 15) is 4.79 Å². The summed E-state index contributed by atoms with van der Waals surface area (Å²) in [7, 11) is 1.70. The topological polar surface area (TPSA) is 81.0 Å². The van der Waals surface area contributed by atoms with Crippen LogP contribution in [0, 0.1) is 5.92 Å². The lowest BCUT2D eigenvalue weighted by molar-refractivity contribution is 0.0505. The van der Waals surface area contributed by atoms with E-state index >= 15 is 0 Å². The number of benzene rings is 1. The van der Waals surface area contributed by atoms with Crippen molar-refractivity contribution in [1.29, 1.82) is 0 Å². The quantitative estimate of drug-likeness (QED) is 0.270. The van der Waals surface area contributed by atoms with Crippen molar-refractivity contribution in [2.45, 2.75) is 102 Å². The third-order valence-corrected chi connectivity index (χ3v) is 10.9. The molecule has 0 aliphatic heterocycles. The molecule has 10 heteroatoms. The van der Waals surface area contributed by atoms with E-state index in [1.54, 1.807) is 7.11 Å². The second kappa shape index (κ2) is 12.1. The maximum absolute atomic E-state index is 12.7. The molecule has 0 bridgehead atoms. The Balaban J connectivity index is 1.43. The Morgan fingerprint density at radius 3 is 2.63 bits per heavy atom. The van der Waals surface area contributed by atoms with Crippen molar-refractivity contribution >= 4 is 45.3 Å². The summed E-state index contributed by atoms with van der Waals surface area (Å²) in [5.41, 5.74) is 4.38. The number of carbonyl (C=O) groups excluding carboxylic acids is 1. The van der Waals surface area contributed by atoms with Crippen LogP contribution in [0.25, 0.3) is 5.65 Å². The van der Waals surface area contributed by atoms with Crippen molar-refractivity contribution in [3.63, 3.8) is 0 Å². The molecule has 232 valence electrons. The number of fused-ring (bicyclic) bond motifs is 3. The summed E-state index contributed by atoms with van der Waals surface area (Å²) in [6.45, 7) is 6.44. The van der Waals surface area contributed by atoms with E-state index in [1.807, 2.05) is 50.9 Å². The van der Waals surface area contributed by atoms with E-state index in [-0.39, 0.29) is 23.6 Å². The van der Waals surface area contributed by atoms with Crippen molar-refractivity contribution in [2.75, 3.05) is 24.0 Å². The first-order valence-electron chi connectivity index (χ1n) is 15.6. The van der Waals surface area contributed by atoms with Gasteiger partial charge in [0.05, 0.1) is 23.5 Å². The number of amides is 1. The highest BCUT2D eigenvalue weighted by atomic mass is 79.9. The Labute approximate surface area is 267 Å². The highest BCUT2D eigenvalue weighted by molar-refractivity contribution is 9.10. The van der Waals surface area contributed by atoms with Crippen molar-refractivity contribution in [1.82, 2.24) is 19.9 Å². The average Bonchev–Trinajstić information content (AvgIpc) is 3.76. The van der Waals surface area contributed by atoms with Gasteiger partial charge in [-0.05, 0) is 111 Å². The molecule has 0 saturated heterocycles. The number of aromatic nitrogens is 3. The molecule has 1 unspecified atom stereocenters. The van der Waals surface area contributed by atoms with Gasteiger partial charge in [0.25, 0.3) is 0 Å². The monoisotopic (exact) mass is 669 g/mol. The van der Waals surface area contributed by atoms with Crippen LogP contribution in [0.3, 0.4) is 0 Å². The SMILES string of the molecule is COc1ccc(CN(c2c3c(nc4c(Br)cnn24)C2(CCCC2)C(CSC)C3)[C@H]2CC[C@H](NC(=O)OC(C)(C)C)C2)cc1. The molecule has 2 fully saturated rings. The van der Waals surface area contributed by atoms with Crippen LogP contribution in [0.2, 0.25) is 0 Å². The number of carbonyl (C=O) groups is 1. The molecular formula is C33H44BrN5O3S. The number of methoxy groups -OCH3 is 1. The fraction of sp³-hybridized carbons (Fsp3) is 0.606. The van der Waals surface area contributed by atoms with Crippen LogP contribution in [-0.4, -0.2) is 57.5 Å². The van der Waals surface area contributed by atoms with Gasteiger partial charge in [-0.3, -0.25) is 0 Å². The molecule has 1 aromatic carbocycles. The van der Waals surface area contributed by atoms with Crippen LogP contribution >= 0.6 is 27.7 Å². The summed E-state index contributed by atoms with van der Waals surface area (Å²) in [5.74, 6) is 3.73. The fourth-order valence-electron chi connectivity index (χ4n) is 7.74. The second-order valence-electron chi connectivity index (χ2n) is 13.5. The lowest BCUT2D eigenvalue weighted by atomic mass is 9.76. The number of anilines is 1. The van der Waals surface area contributed by atoms with Gasteiger partial charge in [-0.2, -0.15) is 21.4 Å². The molecule has 6 rings (SSSR count). The van der Waals surface area contributed by atoms with Crippen LogP contribution < -0.4 is 15.0 Å². The van der Waals surface area contributed by atoms with Gasteiger partial charge in [0, 0.05) is 29.6 Å². The standard InChI is InChI=1S/C33H44BrN5O3S/c1-32(2,3)42-31(40)36-23-10-11-24(17-23)38(19-21-8-12-25(41-4)13-9-21)30-26-16-22(20-43-5)33(14-6-7-15-33)28(26)37-29-27(34)18-35-39(29)30/h8-9,12-13,18,22-24H,6-7,10-11,14-17,19-20H2,1-5H3,(H,36,40)/t22?,23-,24-/m0/s1. The fourth-order valence-corrected chi connectivity index (χ4v) is 8.92. The summed E-state index contributed by atoms with van der Waals surface area (Å²) in [4.78, 5) is 20.7. The number of hydrogen-bond donors (Lipinski definition) is 1. The zero-order valence-electron chi connectivity index (χ0n) is 26.0. The Kier molecular flexibility index (Phi) is 8.63. The predicted molar refractivity (Wildman–Crippen MR) is 176 cm³/mol. The highest BCUT2D eigenvalue weighted by Gasteiger charge is 2.51. The highest BCUT2D eigenvalue weighted by Crippen LogP contribution is 2.56. The summed E-state index contributed by atoms with van der Waals surface area (Å²) < 4.78 is 14.1. The van der Waals surface area contributed by atoms with E-state index < -0.39 is 5.60 Å². The van der Waals surface area contributed by atoms with Crippen LogP contribution in [-0.2, 0) is 23.1 Å². The number of halogens is 1. The van der Waals surface area contributed by atoms with Crippen molar-refractivity contribution in [3.05, 3.63) is 51.8 Å². The molecule has 43 heavy (non-hydrogen) atoms. The zero-order chi connectivity index (χ0) is 30.4. The maximum atomic E-state index is 12.7. The van der Waals surface area contributed by atoms with Crippen LogP contribution in [0.15, 0.2) is 34.9 Å². The lowest BCUT2D eigenvalue weighted by Crippen LogP contribution is -2.40. The molecule has 2 heterocycles. The van der Waals surface area contributed by atoms with Gasteiger partial charge in [-0.15, -0.1) is 0 Å². The first-order chi connectivity index (χ1) is 20.6. The Morgan fingerprint density at radius 1 is 1.21 bits per heavy atom. The number of hydrogen-bond acceptors (Lipinski definition) is 7. The van der Waals surface area contributed by atoms with Crippen molar-refractivity contribution < 1.29 is 14.3 Å². The molecule has 1 amide bonds. The summed E-state index contributed by atoms with van der Waals surface area (Å²) in [6, 6.07) is 8.66. The predicted octanol–water partition coefficient (Wildman–Crippen LogP) is 7.30. The Bertz CT molecular complexity index is 1460. The van der Waals surface area contributed by atoms with Gasteiger partial charge in [0.15, 0.2) is 5.65 Å². The third kappa shape index (κ3) is 5.98. The smallest absolute Gasteiger partial charge is 0.407 e. The van der Waals surface area contributed by atoms with Gasteiger partial charge in [-0.25, -0.2) is 9.78 Å². The molecule has 0 radical (unpaired) electrons. The second-order valence-corrected chi connectivity index (χ2v) is 15.3. The van der Waals surface area contributed by atoms with E-state index in [4.69, 9.17) is 19.6 Å². The minimum absolute atomic E-state index is 0.0540. The third-order valence-electron chi connectivity index (χ3n) is 9.59. The minimum atomic E-state index is -0.525. The van der Waals surface area contributed by atoms with E-state index in [2.05, 4.69) is 49.1 Å². The molecule has 3 aliphatic carbocycles. The number of alkyl carbamates (subject to hydrolysis) is 1. The van der Waals surface area contributed by atoms with Gasteiger partial charge in [-0.1, -0.05) is 25.0 Å². The number of nitrogens with one attached hydrogen (secondary N) is 1. The van der Waals surface area contributed by atoms with E-state index in [0.717, 1.165) is 53.9 Å². The maximum Gasteiger partial charge on any atom is 0.407 e. The lowest BCUT2D eigenvalue weighted by Gasteiger charge is -2.34. The molecular weight excluding hydrogens is 626 g/mol. The largest absolute Gasteiger partial charge is 0.497 e. The van der Waals surface area contributed by atoms with Gasteiger partial charge in [0.1, 0.15) is 17.2 Å². The number of nitrogens with zero attached hydrogens (tertiary/aromatic N) is 4. The van der Waals surface area contributed by atoms with Gasteiger partial charge >= 0.3 is 6.09 Å². The molecule has 3 aromatic rings. The van der Waals surface area contributed by atoms with Crippen molar-refractivity contribution in [3.8, 4) is 5.75 Å². The molecule has 3 aliphatic rings. The Morgan fingerprint density at radius 2 is 1.95 bits per heavy atom. The first kappa shape index (κ1) is 30.6. The summed E-state index contributed by atoms with van der Waals surface area (Å²) in [6.07, 6.45) is 12.5. The summed E-state index contributed by atoms with van der Waals surface area (Å²) in [5, 5.41) is 8.06. The normalized spacial score (nSPS) is 22.7. The molecule has 2 aromatic heterocycles. The van der Waals surface area contributed by atoms with E-state index in [0.29, 0.717) is 5.92 Å². The van der Waals surface area contributed by atoms with E-state index in [1.165, 1.54) is 48.3 Å². The van der Waals surface area contributed by atoms with Crippen LogP contribution in [0.4, 0.5) is 10.6 Å². The molecule has 8 nitrogen and oxygen atoms in total. The zero-order valence-corrected chi connectivity index (χ0v) is 28.4. The number of thioether (sulfide) groups is 1. The molecule has 3 atom stereocenters. The van der Waals surface area contributed by atoms with Crippen molar-refractivity contribution in [2.24, 2.45) is 5.92 Å². The molecule has 2 saturated carbocycles. The van der Waals surface area contributed by atoms with Crippen LogP contribution in [0.5, 0.6) is 5.75 Å². The van der Waals surface area contributed by atoms with Gasteiger partial charge in [0.2, 0.25) is 0 Å². The first-order valence-corrected chi connectivity index (χ1v) is 17.7. The van der Waals surface area contributed by atoms with Crippen LogP contribution in [0.1, 0.15) is 82.5 Å². The summed E-state index contributed by atoms with van der Waals surface area (Å²) >= 11 is 5.74. The Hall–Kier alpha value is -2.46. The molecule has 1 spiro atoms. The number of ether oxygens (including phenoxy) is 2. The minimum Gasteiger partial charge on any atom is -0.497 e. The number of rotatable bonds is 8. The van der Waals surface area contributed by atoms with Gasteiger partial charge < -0.3 is 19.7 Å². The molecule has 1 N–H and O–H groups in total.